The minimum absolute atomic E-state index is 0.199. The van der Waals surface area contributed by atoms with Gasteiger partial charge in [0.05, 0.1) is 40.7 Å². The van der Waals surface area contributed by atoms with E-state index in [4.69, 9.17) is 11.6 Å². The summed E-state index contributed by atoms with van der Waals surface area (Å²) in [6.45, 7) is 0. The number of hydrogen-bond donors (Lipinski definition) is 1. The number of nitrogens with zero attached hydrogens (tertiary/aromatic N) is 4. The van der Waals surface area contributed by atoms with Crippen molar-refractivity contribution in [3.8, 4) is 0 Å². The first kappa shape index (κ1) is 11.1. The van der Waals surface area contributed by atoms with Gasteiger partial charge in [0.15, 0.2) is 0 Å². The van der Waals surface area contributed by atoms with Crippen molar-refractivity contribution in [2.24, 2.45) is 4.99 Å². The van der Waals surface area contributed by atoms with Gasteiger partial charge in [-0.05, 0) is 6.07 Å². The standard InChI is InChI=1S/C12H10ClN5/c13-12-2-1-10-11(18-12)3-8(6-16-10)17-9-4-14-7-15-5-9/h1,3-7,12,17H,2H2. The van der Waals surface area contributed by atoms with Crippen LogP contribution in [0.5, 0.6) is 0 Å². The maximum atomic E-state index is 5.99. The van der Waals surface area contributed by atoms with Crippen LogP contribution in [0.15, 0.2) is 36.0 Å². The molecule has 3 rings (SSSR count). The van der Waals surface area contributed by atoms with E-state index in [9.17, 15) is 0 Å². The van der Waals surface area contributed by atoms with E-state index in [1.165, 1.54) is 6.33 Å². The number of halogens is 1. The van der Waals surface area contributed by atoms with Gasteiger partial charge in [-0.25, -0.2) is 9.97 Å². The Morgan fingerprint density at radius 3 is 2.83 bits per heavy atom. The summed E-state index contributed by atoms with van der Waals surface area (Å²) in [7, 11) is 0. The molecule has 0 amide bonds. The Kier molecular flexibility index (Phi) is 2.90. The highest BCUT2D eigenvalue weighted by molar-refractivity contribution is 6.20. The summed E-state index contributed by atoms with van der Waals surface area (Å²) in [6.07, 6.45) is 9.35. The van der Waals surface area contributed by atoms with E-state index in [1.54, 1.807) is 18.6 Å². The van der Waals surface area contributed by atoms with Crippen LogP contribution in [0, 0.1) is 0 Å². The van der Waals surface area contributed by atoms with Crippen molar-refractivity contribution in [1.29, 1.82) is 0 Å². The van der Waals surface area contributed by atoms with E-state index in [2.05, 4.69) is 25.3 Å². The highest BCUT2D eigenvalue weighted by Gasteiger charge is 2.05. The van der Waals surface area contributed by atoms with Crippen molar-refractivity contribution in [1.82, 2.24) is 15.0 Å². The molecule has 1 aliphatic heterocycles. The van der Waals surface area contributed by atoms with Gasteiger partial charge < -0.3 is 5.32 Å². The van der Waals surface area contributed by atoms with Crippen LogP contribution >= 0.6 is 11.6 Å². The van der Waals surface area contributed by atoms with E-state index >= 15 is 0 Å². The Morgan fingerprint density at radius 1 is 1.17 bits per heavy atom. The number of anilines is 2. The zero-order chi connectivity index (χ0) is 12.4. The van der Waals surface area contributed by atoms with E-state index in [1.807, 2.05) is 12.1 Å². The first-order chi connectivity index (χ1) is 8.81. The zero-order valence-electron chi connectivity index (χ0n) is 9.42. The summed E-state index contributed by atoms with van der Waals surface area (Å²) in [5, 5.41) is 4.85. The molecule has 0 aliphatic carbocycles. The van der Waals surface area contributed by atoms with E-state index in [-0.39, 0.29) is 5.50 Å². The smallest absolute Gasteiger partial charge is 0.128 e. The Bertz CT molecular complexity index is 671. The second-order valence-electron chi connectivity index (χ2n) is 3.88. The minimum atomic E-state index is -0.199. The van der Waals surface area contributed by atoms with E-state index in [0.717, 1.165) is 28.5 Å². The maximum Gasteiger partial charge on any atom is 0.128 e. The lowest BCUT2D eigenvalue weighted by Gasteiger charge is -2.08. The number of fused-ring (bicyclic) bond motifs is 1. The van der Waals surface area contributed by atoms with Crippen LogP contribution in [0.2, 0.25) is 0 Å². The summed E-state index contributed by atoms with van der Waals surface area (Å²) in [5.74, 6) is 0. The van der Waals surface area contributed by atoms with Gasteiger partial charge in [0, 0.05) is 6.42 Å². The Labute approximate surface area is 108 Å². The summed E-state index contributed by atoms with van der Waals surface area (Å²) >= 11 is 5.99. The molecule has 1 unspecified atom stereocenters. The predicted molar refractivity (Wildman–Crippen MR) is 69.1 cm³/mol. The van der Waals surface area contributed by atoms with Gasteiger partial charge >= 0.3 is 0 Å². The molecule has 0 saturated heterocycles. The Morgan fingerprint density at radius 2 is 2.00 bits per heavy atom. The molecular formula is C12H10ClN5. The third kappa shape index (κ3) is 2.31. The molecular weight excluding hydrogens is 250 g/mol. The van der Waals surface area contributed by atoms with Crippen LogP contribution in [0.25, 0.3) is 6.08 Å². The van der Waals surface area contributed by atoms with Crippen LogP contribution in [0.1, 0.15) is 6.42 Å². The van der Waals surface area contributed by atoms with Crippen molar-refractivity contribution in [3.63, 3.8) is 0 Å². The van der Waals surface area contributed by atoms with Crippen LogP contribution in [-0.2, 0) is 0 Å². The highest BCUT2D eigenvalue weighted by atomic mass is 35.5. The molecule has 0 aromatic carbocycles. The van der Waals surface area contributed by atoms with Gasteiger partial charge in [0.25, 0.3) is 0 Å². The SMILES string of the molecule is ClC1CC=c2ncc(Nc3cncnc3)cc2=N1. The summed E-state index contributed by atoms with van der Waals surface area (Å²) in [5.41, 5.74) is 1.45. The number of aromatic nitrogens is 3. The largest absolute Gasteiger partial charge is 0.352 e. The number of pyridine rings is 1. The van der Waals surface area contributed by atoms with Gasteiger partial charge in [-0.1, -0.05) is 17.7 Å². The first-order valence-electron chi connectivity index (χ1n) is 5.51. The highest BCUT2D eigenvalue weighted by Crippen LogP contribution is 2.11. The average molecular weight is 260 g/mol. The molecule has 3 heterocycles. The third-order valence-corrected chi connectivity index (χ3v) is 2.81. The van der Waals surface area contributed by atoms with E-state index < -0.39 is 0 Å². The van der Waals surface area contributed by atoms with Gasteiger partial charge in [0.2, 0.25) is 0 Å². The maximum absolute atomic E-state index is 5.99. The molecule has 0 bridgehead atoms. The van der Waals surface area contributed by atoms with Gasteiger partial charge in [-0.15, -0.1) is 0 Å². The summed E-state index contributed by atoms with van der Waals surface area (Å²) in [6, 6.07) is 1.92. The average Bonchev–Trinajstić information content (AvgIpc) is 2.39. The molecule has 1 atom stereocenters. The minimum Gasteiger partial charge on any atom is -0.352 e. The van der Waals surface area contributed by atoms with Crippen LogP contribution in [-0.4, -0.2) is 20.5 Å². The first-order valence-corrected chi connectivity index (χ1v) is 5.95. The lowest BCUT2D eigenvalue weighted by atomic mass is 10.2. The van der Waals surface area contributed by atoms with Crippen LogP contribution in [0.4, 0.5) is 11.4 Å². The van der Waals surface area contributed by atoms with Crippen molar-refractivity contribution in [2.45, 2.75) is 11.9 Å². The predicted octanol–water partition coefficient (Wildman–Crippen LogP) is 0.984. The lowest BCUT2D eigenvalue weighted by Crippen LogP contribution is -2.32. The molecule has 5 nitrogen and oxygen atoms in total. The van der Waals surface area contributed by atoms with Gasteiger partial charge in [-0.2, -0.15) is 0 Å². The number of rotatable bonds is 2. The van der Waals surface area contributed by atoms with Crippen LogP contribution < -0.4 is 16.0 Å². The topological polar surface area (TPSA) is 63.1 Å². The molecule has 2 aromatic rings. The second kappa shape index (κ2) is 4.70. The Balaban J connectivity index is 1.96. The van der Waals surface area contributed by atoms with Crippen molar-refractivity contribution in [3.05, 3.63) is 41.7 Å². The molecule has 1 aliphatic rings. The molecule has 2 aromatic heterocycles. The monoisotopic (exact) mass is 259 g/mol. The normalized spacial score (nSPS) is 17.3. The zero-order valence-corrected chi connectivity index (χ0v) is 10.2. The fourth-order valence-corrected chi connectivity index (χ4v) is 1.93. The molecule has 0 saturated carbocycles. The van der Waals surface area contributed by atoms with Crippen molar-refractivity contribution < 1.29 is 0 Å². The lowest BCUT2D eigenvalue weighted by molar-refractivity contribution is 0.871. The fraction of sp³-hybridized carbons (Fsp3) is 0.167. The van der Waals surface area contributed by atoms with Gasteiger partial charge in [0.1, 0.15) is 11.8 Å². The van der Waals surface area contributed by atoms with E-state index in [0.29, 0.717) is 0 Å². The van der Waals surface area contributed by atoms with Crippen molar-refractivity contribution >= 4 is 29.1 Å². The van der Waals surface area contributed by atoms with Gasteiger partial charge in [-0.3, -0.25) is 9.98 Å². The number of hydrogen-bond acceptors (Lipinski definition) is 5. The fourth-order valence-electron chi connectivity index (χ4n) is 1.74. The molecule has 18 heavy (non-hydrogen) atoms. The molecule has 1 N–H and O–H groups in total. The summed E-state index contributed by atoms with van der Waals surface area (Å²) < 4.78 is 0. The summed E-state index contributed by atoms with van der Waals surface area (Å²) in [4.78, 5) is 16.6. The molecule has 90 valence electrons. The molecule has 0 fully saturated rings. The molecule has 6 heteroatoms. The number of nitrogens with one attached hydrogen (secondary N) is 1. The number of alkyl halides is 1. The van der Waals surface area contributed by atoms with Crippen molar-refractivity contribution in [2.75, 3.05) is 5.32 Å². The molecule has 0 spiro atoms. The quantitative estimate of drug-likeness (QED) is 0.645. The third-order valence-electron chi connectivity index (χ3n) is 2.53. The molecule has 0 radical (unpaired) electrons. The Hall–Kier alpha value is -2.01. The van der Waals surface area contributed by atoms with Crippen LogP contribution in [0.3, 0.4) is 0 Å². The second-order valence-corrected chi connectivity index (χ2v) is 4.39.